The standard InChI is InChI=1S/C8H10N2S/c1-6(2)7-5-11-8-9-3-4-10(7)8/h3-6H,1-2H3. The van der Waals surface area contributed by atoms with E-state index in [1.807, 2.05) is 12.4 Å². The van der Waals surface area contributed by atoms with Crippen molar-refractivity contribution < 1.29 is 0 Å². The fourth-order valence-electron chi connectivity index (χ4n) is 1.16. The second-order valence-electron chi connectivity index (χ2n) is 2.90. The smallest absolute Gasteiger partial charge is 0.193 e. The van der Waals surface area contributed by atoms with Crippen LogP contribution in [0.25, 0.3) is 4.96 Å². The molecule has 0 aromatic carbocycles. The number of thiazole rings is 1. The zero-order valence-electron chi connectivity index (χ0n) is 6.61. The molecule has 0 bridgehead atoms. The Morgan fingerprint density at radius 1 is 1.55 bits per heavy atom. The van der Waals surface area contributed by atoms with Gasteiger partial charge in [-0.05, 0) is 5.92 Å². The summed E-state index contributed by atoms with van der Waals surface area (Å²) in [5.74, 6) is 0.581. The Morgan fingerprint density at radius 3 is 3.09 bits per heavy atom. The summed E-state index contributed by atoms with van der Waals surface area (Å²) in [5.41, 5.74) is 1.35. The van der Waals surface area contributed by atoms with Gasteiger partial charge in [-0.15, -0.1) is 11.3 Å². The van der Waals surface area contributed by atoms with E-state index < -0.39 is 0 Å². The molecule has 2 rings (SSSR count). The summed E-state index contributed by atoms with van der Waals surface area (Å²) in [5, 5.41) is 2.17. The summed E-state index contributed by atoms with van der Waals surface area (Å²) in [7, 11) is 0. The van der Waals surface area contributed by atoms with E-state index in [1.54, 1.807) is 11.3 Å². The third-order valence-electron chi connectivity index (χ3n) is 1.76. The molecule has 58 valence electrons. The molecular weight excluding hydrogens is 156 g/mol. The number of nitrogens with zero attached hydrogens (tertiary/aromatic N) is 2. The molecule has 2 aromatic rings. The summed E-state index contributed by atoms with van der Waals surface area (Å²) >= 11 is 1.70. The lowest BCUT2D eigenvalue weighted by atomic mass is 10.2. The molecule has 2 heterocycles. The van der Waals surface area contributed by atoms with Crippen molar-refractivity contribution in [3.63, 3.8) is 0 Å². The van der Waals surface area contributed by atoms with Crippen LogP contribution in [-0.2, 0) is 0 Å². The fourth-order valence-corrected chi connectivity index (χ4v) is 2.17. The molecule has 0 saturated heterocycles. The van der Waals surface area contributed by atoms with E-state index >= 15 is 0 Å². The van der Waals surface area contributed by atoms with Crippen molar-refractivity contribution >= 4 is 16.3 Å². The van der Waals surface area contributed by atoms with Crippen molar-refractivity contribution in [3.05, 3.63) is 23.5 Å². The van der Waals surface area contributed by atoms with E-state index in [4.69, 9.17) is 0 Å². The maximum absolute atomic E-state index is 4.20. The van der Waals surface area contributed by atoms with E-state index in [0.29, 0.717) is 5.92 Å². The monoisotopic (exact) mass is 166 g/mol. The Bertz CT molecular complexity index is 359. The lowest BCUT2D eigenvalue weighted by Crippen LogP contribution is -1.90. The van der Waals surface area contributed by atoms with Crippen LogP contribution in [0, 0.1) is 0 Å². The predicted octanol–water partition coefficient (Wildman–Crippen LogP) is 2.52. The van der Waals surface area contributed by atoms with Gasteiger partial charge in [-0.1, -0.05) is 13.8 Å². The van der Waals surface area contributed by atoms with Crippen LogP contribution in [-0.4, -0.2) is 9.38 Å². The average Bonchev–Trinajstić information content (AvgIpc) is 2.41. The highest BCUT2D eigenvalue weighted by molar-refractivity contribution is 7.15. The molecule has 0 unspecified atom stereocenters. The first-order valence-corrected chi connectivity index (χ1v) is 4.57. The van der Waals surface area contributed by atoms with E-state index in [9.17, 15) is 0 Å². The van der Waals surface area contributed by atoms with Crippen molar-refractivity contribution in [1.82, 2.24) is 9.38 Å². The zero-order chi connectivity index (χ0) is 7.84. The molecule has 0 amide bonds. The van der Waals surface area contributed by atoms with Gasteiger partial charge in [0.05, 0.1) is 0 Å². The first-order chi connectivity index (χ1) is 5.29. The summed E-state index contributed by atoms with van der Waals surface area (Å²) in [6.07, 6.45) is 3.86. The summed E-state index contributed by atoms with van der Waals surface area (Å²) in [4.78, 5) is 5.29. The molecule has 0 saturated carbocycles. The van der Waals surface area contributed by atoms with Gasteiger partial charge in [0, 0.05) is 23.5 Å². The number of fused-ring (bicyclic) bond motifs is 1. The minimum Gasteiger partial charge on any atom is -0.294 e. The third-order valence-corrected chi connectivity index (χ3v) is 2.63. The van der Waals surface area contributed by atoms with Crippen LogP contribution >= 0.6 is 11.3 Å². The third kappa shape index (κ3) is 0.959. The first kappa shape index (κ1) is 6.85. The molecule has 0 aliphatic carbocycles. The van der Waals surface area contributed by atoms with E-state index in [2.05, 4.69) is 28.6 Å². The minimum absolute atomic E-state index is 0.581. The van der Waals surface area contributed by atoms with E-state index in [0.717, 1.165) is 4.96 Å². The molecule has 0 radical (unpaired) electrons. The zero-order valence-corrected chi connectivity index (χ0v) is 7.43. The quantitative estimate of drug-likeness (QED) is 0.636. The van der Waals surface area contributed by atoms with Crippen LogP contribution in [0.1, 0.15) is 25.5 Å². The van der Waals surface area contributed by atoms with Crippen molar-refractivity contribution in [3.8, 4) is 0 Å². The van der Waals surface area contributed by atoms with Gasteiger partial charge in [0.25, 0.3) is 0 Å². The Kier molecular flexibility index (Phi) is 1.46. The number of hydrogen-bond acceptors (Lipinski definition) is 2. The number of rotatable bonds is 1. The number of aromatic nitrogens is 2. The molecule has 0 atom stereocenters. The minimum atomic E-state index is 0.581. The van der Waals surface area contributed by atoms with Crippen LogP contribution in [0.3, 0.4) is 0 Å². The highest BCUT2D eigenvalue weighted by atomic mass is 32.1. The molecule has 0 spiro atoms. The Labute approximate surface area is 69.5 Å². The van der Waals surface area contributed by atoms with Crippen LogP contribution < -0.4 is 0 Å². The lowest BCUT2D eigenvalue weighted by Gasteiger charge is -2.00. The molecule has 2 aromatic heterocycles. The van der Waals surface area contributed by atoms with Gasteiger partial charge in [-0.2, -0.15) is 0 Å². The molecular formula is C8H10N2S. The van der Waals surface area contributed by atoms with Crippen molar-refractivity contribution in [2.45, 2.75) is 19.8 Å². The molecule has 0 aliphatic heterocycles. The summed E-state index contributed by atoms with van der Waals surface area (Å²) < 4.78 is 2.15. The molecule has 0 aliphatic rings. The number of imidazole rings is 1. The van der Waals surface area contributed by atoms with Crippen LogP contribution in [0.2, 0.25) is 0 Å². The SMILES string of the molecule is CC(C)c1csc2nccn12. The van der Waals surface area contributed by atoms with Crippen LogP contribution in [0.5, 0.6) is 0 Å². The second-order valence-corrected chi connectivity index (χ2v) is 3.73. The first-order valence-electron chi connectivity index (χ1n) is 3.69. The highest BCUT2D eigenvalue weighted by Gasteiger charge is 2.05. The Morgan fingerprint density at radius 2 is 2.36 bits per heavy atom. The van der Waals surface area contributed by atoms with Gasteiger partial charge in [0.2, 0.25) is 0 Å². The fraction of sp³-hybridized carbons (Fsp3) is 0.375. The second kappa shape index (κ2) is 2.34. The summed E-state index contributed by atoms with van der Waals surface area (Å²) in [6, 6.07) is 0. The van der Waals surface area contributed by atoms with Gasteiger partial charge in [0.15, 0.2) is 4.96 Å². The highest BCUT2D eigenvalue weighted by Crippen LogP contribution is 2.21. The Balaban J connectivity index is 2.68. The predicted molar refractivity (Wildman–Crippen MR) is 47.2 cm³/mol. The van der Waals surface area contributed by atoms with Gasteiger partial charge >= 0.3 is 0 Å². The lowest BCUT2D eigenvalue weighted by molar-refractivity contribution is 0.811. The number of hydrogen-bond donors (Lipinski definition) is 0. The average molecular weight is 166 g/mol. The topological polar surface area (TPSA) is 17.3 Å². The summed E-state index contributed by atoms with van der Waals surface area (Å²) in [6.45, 7) is 4.39. The molecule has 2 nitrogen and oxygen atoms in total. The molecule has 0 N–H and O–H groups in total. The van der Waals surface area contributed by atoms with Crippen molar-refractivity contribution in [2.75, 3.05) is 0 Å². The van der Waals surface area contributed by atoms with Crippen LogP contribution in [0.15, 0.2) is 17.8 Å². The van der Waals surface area contributed by atoms with Crippen molar-refractivity contribution in [2.24, 2.45) is 0 Å². The van der Waals surface area contributed by atoms with Crippen molar-refractivity contribution in [1.29, 1.82) is 0 Å². The molecule has 11 heavy (non-hydrogen) atoms. The van der Waals surface area contributed by atoms with Crippen LogP contribution in [0.4, 0.5) is 0 Å². The molecule has 0 fully saturated rings. The maximum Gasteiger partial charge on any atom is 0.193 e. The van der Waals surface area contributed by atoms with Gasteiger partial charge in [-0.25, -0.2) is 4.98 Å². The van der Waals surface area contributed by atoms with Gasteiger partial charge in [0.1, 0.15) is 0 Å². The van der Waals surface area contributed by atoms with E-state index in [1.165, 1.54) is 5.69 Å². The maximum atomic E-state index is 4.20. The molecule has 3 heteroatoms. The Hall–Kier alpha value is -0.830. The largest absolute Gasteiger partial charge is 0.294 e. The normalized spacial score (nSPS) is 11.5. The van der Waals surface area contributed by atoms with E-state index in [-0.39, 0.29) is 0 Å². The van der Waals surface area contributed by atoms with Gasteiger partial charge in [-0.3, -0.25) is 4.40 Å². The van der Waals surface area contributed by atoms with Gasteiger partial charge < -0.3 is 0 Å².